The molecule has 0 saturated carbocycles. The molecule has 1 aromatic carbocycles. The van der Waals surface area contributed by atoms with Gasteiger partial charge in [0.15, 0.2) is 6.61 Å². The number of carbonyl (C=O) groups is 1. The first-order valence-electron chi connectivity index (χ1n) is 4.68. The van der Waals surface area contributed by atoms with E-state index in [9.17, 15) is 4.79 Å². The summed E-state index contributed by atoms with van der Waals surface area (Å²) < 4.78 is 5.18. The largest absolute Gasteiger partial charge is 0.482 e. The molecule has 82 valence electrons. The lowest BCUT2D eigenvalue weighted by molar-refractivity contribution is -0.139. The Balaban J connectivity index is 2.90. The van der Waals surface area contributed by atoms with Gasteiger partial charge < -0.3 is 9.84 Å². The molecule has 4 heteroatoms. The van der Waals surface area contributed by atoms with Crippen molar-refractivity contribution in [3.63, 3.8) is 0 Å². The topological polar surface area (TPSA) is 46.5 Å². The van der Waals surface area contributed by atoms with E-state index in [1.165, 1.54) is 0 Å². The van der Waals surface area contributed by atoms with E-state index in [2.05, 4.69) is 12.6 Å². The molecule has 0 spiro atoms. The molecule has 0 unspecified atom stereocenters. The van der Waals surface area contributed by atoms with Crippen LogP contribution < -0.4 is 4.74 Å². The van der Waals surface area contributed by atoms with Crippen LogP contribution in [-0.2, 0) is 4.79 Å². The highest BCUT2D eigenvalue weighted by atomic mass is 32.1. The summed E-state index contributed by atoms with van der Waals surface area (Å²) in [6.07, 6.45) is 0. The van der Waals surface area contributed by atoms with E-state index < -0.39 is 5.97 Å². The van der Waals surface area contributed by atoms with E-state index in [0.29, 0.717) is 5.75 Å². The normalized spacial score (nSPS) is 10.4. The molecule has 1 N–H and O–H groups in total. The molecule has 0 radical (unpaired) electrons. The molecule has 0 heterocycles. The van der Waals surface area contributed by atoms with Crippen molar-refractivity contribution in [1.29, 1.82) is 0 Å². The maximum Gasteiger partial charge on any atom is 0.341 e. The van der Waals surface area contributed by atoms with Crippen molar-refractivity contribution in [1.82, 2.24) is 0 Å². The summed E-state index contributed by atoms with van der Waals surface area (Å²) in [5.41, 5.74) is 0.976. The van der Waals surface area contributed by atoms with Crippen LogP contribution in [0.5, 0.6) is 5.75 Å². The molecular formula is C11H14O3S. The number of thiol groups is 1. The zero-order valence-electron chi connectivity index (χ0n) is 8.73. The molecule has 0 saturated heterocycles. The number of hydrogen-bond donors (Lipinski definition) is 2. The molecule has 0 aliphatic rings. The van der Waals surface area contributed by atoms with Gasteiger partial charge in [0.25, 0.3) is 0 Å². The van der Waals surface area contributed by atoms with Crippen molar-refractivity contribution in [2.24, 2.45) is 0 Å². The lowest BCUT2D eigenvalue weighted by Gasteiger charge is -2.13. The SMILES string of the molecule is CC(C)c1cc(S)ccc1OCC(=O)O. The van der Waals surface area contributed by atoms with Crippen LogP contribution in [0.4, 0.5) is 0 Å². The van der Waals surface area contributed by atoms with Crippen LogP contribution >= 0.6 is 12.6 Å². The quantitative estimate of drug-likeness (QED) is 0.776. The minimum atomic E-state index is -0.973. The molecule has 3 nitrogen and oxygen atoms in total. The van der Waals surface area contributed by atoms with E-state index in [4.69, 9.17) is 9.84 Å². The zero-order valence-corrected chi connectivity index (χ0v) is 9.62. The Morgan fingerprint density at radius 1 is 1.53 bits per heavy atom. The zero-order chi connectivity index (χ0) is 11.4. The number of benzene rings is 1. The molecule has 0 fully saturated rings. The van der Waals surface area contributed by atoms with Gasteiger partial charge in [-0.1, -0.05) is 13.8 Å². The minimum Gasteiger partial charge on any atom is -0.482 e. The second-order valence-corrected chi connectivity index (χ2v) is 4.08. The maximum atomic E-state index is 10.4. The predicted octanol–water partition coefficient (Wildman–Crippen LogP) is 2.56. The second kappa shape index (κ2) is 5.07. The molecular weight excluding hydrogens is 212 g/mol. The van der Waals surface area contributed by atoms with Gasteiger partial charge >= 0.3 is 5.97 Å². The van der Waals surface area contributed by atoms with E-state index in [1.807, 2.05) is 19.9 Å². The Morgan fingerprint density at radius 3 is 2.73 bits per heavy atom. The number of rotatable bonds is 4. The lowest BCUT2D eigenvalue weighted by atomic mass is 10.0. The van der Waals surface area contributed by atoms with Gasteiger partial charge in [0, 0.05) is 4.90 Å². The number of carboxylic acid groups (broad SMARTS) is 1. The van der Waals surface area contributed by atoms with Crippen LogP contribution in [0.3, 0.4) is 0 Å². The molecule has 1 aromatic rings. The third-order valence-electron chi connectivity index (χ3n) is 1.97. The standard InChI is InChI=1S/C11H14O3S/c1-7(2)9-5-8(15)3-4-10(9)14-6-11(12)13/h3-5,7,15H,6H2,1-2H3,(H,12,13). The Kier molecular flexibility index (Phi) is 4.03. The van der Waals surface area contributed by atoms with Gasteiger partial charge in [-0.15, -0.1) is 12.6 Å². The fraction of sp³-hybridized carbons (Fsp3) is 0.364. The molecule has 0 aliphatic heterocycles. The van der Waals surface area contributed by atoms with Crippen molar-refractivity contribution in [3.8, 4) is 5.75 Å². The Labute approximate surface area is 94.5 Å². The van der Waals surface area contributed by atoms with Crippen molar-refractivity contribution in [2.75, 3.05) is 6.61 Å². The van der Waals surface area contributed by atoms with Gasteiger partial charge in [0.05, 0.1) is 0 Å². The minimum absolute atomic E-state index is 0.279. The fourth-order valence-corrected chi connectivity index (χ4v) is 1.47. The van der Waals surface area contributed by atoms with Gasteiger partial charge in [-0.05, 0) is 29.7 Å². The highest BCUT2D eigenvalue weighted by molar-refractivity contribution is 7.80. The fourth-order valence-electron chi connectivity index (χ4n) is 1.26. The summed E-state index contributed by atoms with van der Waals surface area (Å²) in [5, 5.41) is 8.52. The predicted molar refractivity (Wildman–Crippen MR) is 60.9 cm³/mol. The molecule has 15 heavy (non-hydrogen) atoms. The van der Waals surface area contributed by atoms with Crippen molar-refractivity contribution in [2.45, 2.75) is 24.7 Å². The number of aliphatic carboxylic acids is 1. The van der Waals surface area contributed by atoms with Crippen molar-refractivity contribution < 1.29 is 14.6 Å². The van der Waals surface area contributed by atoms with Crippen molar-refractivity contribution in [3.05, 3.63) is 23.8 Å². The lowest BCUT2D eigenvalue weighted by Crippen LogP contribution is -2.10. The van der Waals surface area contributed by atoms with Gasteiger partial charge in [-0.25, -0.2) is 4.79 Å². The average molecular weight is 226 g/mol. The van der Waals surface area contributed by atoms with Crippen LogP contribution in [0.2, 0.25) is 0 Å². The summed E-state index contributed by atoms with van der Waals surface area (Å²) in [7, 11) is 0. The molecule has 0 bridgehead atoms. The van der Waals surface area contributed by atoms with E-state index in [0.717, 1.165) is 10.5 Å². The van der Waals surface area contributed by atoms with E-state index in [-0.39, 0.29) is 12.5 Å². The monoisotopic (exact) mass is 226 g/mol. The highest BCUT2D eigenvalue weighted by Gasteiger charge is 2.09. The Hall–Kier alpha value is -1.16. The summed E-state index contributed by atoms with van der Waals surface area (Å²) in [4.78, 5) is 11.2. The first kappa shape index (κ1) is 11.9. The summed E-state index contributed by atoms with van der Waals surface area (Å²) in [6.45, 7) is 3.73. The molecule has 0 atom stereocenters. The van der Waals surface area contributed by atoms with Crippen molar-refractivity contribution >= 4 is 18.6 Å². The van der Waals surface area contributed by atoms with Gasteiger partial charge in [-0.2, -0.15) is 0 Å². The number of carboxylic acids is 1. The average Bonchev–Trinajstić information content (AvgIpc) is 2.15. The molecule has 0 amide bonds. The second-order valence-electron chi connectivity index (χ2n) is 3.56. The summed E-state index contributed by atoms with van der Waals surface area (Å²) >= 11 is 4.23. The molecule has 0 aromatic heterocycles. The highest BCUT2D eigenvalue weighted by Crippen LogP contribution is 2.28. The van der Waals surface area contributed by atoms with Crippen LogP contribution in [0, 0.1) is 0 Å². The van der Waals surface area contributed by atoms with Crippen LogP contribution in [0.1, 0.15) is 25.3 Å². The maximum absolute atomic E-state index is 10.4. The van der Waals surface area contributed by atoms with E-state index >= 15 is 0 Å². The Bertz CT molecular complexity index is 361. The number of ether oxygens (including phenoxy) is 1. The van der Waals surface area contributed by atoms with Gasteiger partial charge in [-0.3, -0.25) is 0 Å². The first-order chi connectivity index (χ1) is 7.00. The third-order valence-corrected chi connectivity index (χ3v) is 2.24. The number of hydrogen-bond acceptors (Lipinski definition) is 3. The van der Waals surface area contributed by atoms with Crippen LogP contribution in [-0.4, -0.2) is 17.7 Å². The Morgan fingerprint density at radius 2 is 2.20 bits per heavy atom. The van der Waals surface area contributed by atoms with E-state index in [1.54, 1.807) is 12.1 Å². The van der Waals surface area contributed by atoms with Gasteiger partial charge in [0.2, 0.25) is 0 Å². The van der Waals surface area contributed by atoms with Crippen LogP contribution in [0.25, 0.3) is 0 Å². The molecule has 0 aliphatic carbocycles. The third kappa shape index (κ3) is 3.47. The smallest absolute Gasteiger partial charge is 0.341 e. The summed E-state index contributed by atoms with van der Waals surface area (Å²) in [5.74, 6) is -0.0780. The first-order valence-corrected chi connectivity index (χ1v) is 5.13. The summed E-state index contributed by atoms with van der Waals surface area (Å²) in [6, 6.07) is 5.43. The van der Waals surface area contributed by atoms with Gasteiger partial charge in [0.1, 0.15) is 5.75 Å². The van der Waals surface area contributed by atoms with Crippen LogP contribution in [0.15, 0.2) is 23.1 Å². The molecule has 1 rings (SSSR count).